The molecule has 9 nitrogen and oxygen atoms in total. The van der Waals surface area contributed by atoms with E-state index in [1.165, 1.54) is 12.1 Å². The number of carbonyl (C=O) groups excluding carboxylic acids is 2. The lowest BCUT2D eigenvalue weighted by atomic mass is 10.1. The molecule has 0 saturated heterocycles. The molecule has 28 heavy (non-hydrogen) atoms. The first kappa shape index (κ1) is 19.4. The first-order valence-electron chi connectivity index (χ1n) is 7.85. The Hall–Kier alpha value is -3.40. The average Bonchev–Trinajstić information content (AvgIpc) is 2.68. The van der Waals surface area contributed by atoms with Gasteiger partial charge < -0.3 is 19.5 Å². The molecule has 0 saturated carbocycles. The molecule has 0 radical (unpaired) electrons. The predicted octanol–water partition coefficient (Wildman–Crippen LogP) is 2.95. The highest BCUT2D eigenvalue weighted by atomic mass is 35.5. The Morgan fingerprint density at radius 3 is 2.54 bits per heavy atom. The van der Waals surface area contributed by atoms with Crippen molar-refractivity contribution >= 4 is 34.9 Å². The number of anilines is 1. The summed E-state index contributed by atoms with van der Waals surface area (Å²) in [6, 6.07) is 5.70. The number of hydrogen-bond acceptors (Lipinski definition) is 7. The summed E-state index contributed by atoms with van der Waals surface area (Å²) in [5.41, 5.74) is -0.732. The Kier molecular flexibility index (Phi) is 5.59. The molecule has 2 aromatic carbocycles. The van der Waals surface area contributed by atoms with Gasteiger partial charge in [0, 0.05) is 11.8 Å². The summed E-state index contributed by atoms with van der Waals surface area (Å²) in [6.45, 7) is -0.275. The number of hydrogen-bond donors (Lipinski definition) is 1. The highest BCUT2D eigenvalue weighted by Gasteiger charge is 2.27. The summed E-state index contributed by atoms with van der Waals surface area (Å²) in [5, 5.41) is 13.4. The fourth-order valence-corrected chi connectivity index (χ4v) is 2.55. The van der Waals surface area contributed by atoms with Gasteiger partial charge in [0.2, 0.25) is 0 Å². The summed E-state index contributed by atoms with van der Waals surface area (Å²) in [6.07, 6.45) is 0. The molecule has 1 aliphatic heterocycles. The topological polar surface area (TPSA) is 117 Å². The maximum atomic E-state index is 13.1. The largest absolute Gasteiger partial charge is 0.486 e. The quantitative estimate of drug-likeness (QED) is 0.457. The molecule has 11 heteroatoms. The Balaban J connectivity index is 1.69. The molecular weight excluding hydrogens is 399 g/mol. The van der Waals surface area contributed by atoms with Crippen LogP contribution in [0.1, 0.15) is 10.4 Å². The van der Waals surface area contributed by atoms with Crippen LogP contribution in [0.2, 0.25) is 5.02 Å². The molecule has 2 aromatic rings. The van der Waals surface area contributed by atoms with Crippen molar-refractivity contribution in [2.24, 2.45) is 0 Å². The average molecular weight is 411 g/mol. The zero-order valence-electron chi connectivity index (χ0n) is 14.1. The van der Waals surface area contributed by atoms with Crippen LogP contribution < -0.4 is 14.8 Å². The van der Waals surface area contributed by atoms with Crippen LogP contribution in [0.5, 0.6) is 11.5 Å². The van der Waals surface area contributed by atoms with Crippen LogP contribution in [0.15, 0.2) is 30.3 Å². The van der Waals surface area contributed by atoms with E-state index in [1.807, 2.05) is 0 Å². The number of nitro groups is 1. The number of nitrogens with zero attached hydrogens (tertiary/aromatic N) is 1. The molecule has 0 fully saturated rings. The number of rotatable bonds is 5. The molecule has 0 unspecified atom stereocenters. The molecule has 0 spiro atoms. The molecule has 146 valence electrons. The number of nitro benzene ring substituents is 1. The van der Waals surface area contributed by atoms with E-state index >= 15 is 0 Å². The van der Waals surface area contributed by atoms with Gasteiger partial charge in [-0.2, -0.15) is 0 Å². The number of esters is 1. The lowest BCUT2D eigenvalue weighted by Gasteiger charge is -2.18. The van der Waals surface area contributed by atoms with Crippen molar-refractivity contribution < 1.29 is 33.1 Å². The smallest absolute Gasteiger partial charge is 0.345 e. The van der Waals surface area contributed by atoms with Crippen LogP contribution in [-0.2, 0) is 9.53 Å². The van der Waals surface area contributed by atoms with Gasteiger partial charge in [-0.15, -0.1) is 0 Å². The van der Waals surface area contributed by atoms with Gasteiger partial charge in [0.25, 0.3) is 11.6 Å². The minimum atomic E-state index is -1.09. The van der Waals surface area contributed by atoms with E-state index in [2.05, 4.69) is 5.32 Å². The van der Waals surface area contributed by atoms with Crippen LogP contribution in [0.25, 0.3) is 0 Å². The van der Waals surface area contributed by atoms with E-state index in [9.17, 15) is 24.1 Å². The van der Waals surface area contributed by atoms with Crippen molar-refractivity contribution in [3.05, 3.63) is 56.8 Å². The van der Waals surface area contributed by atoms with Crippen molar-refractivity contribution in [2.75, 3.05) is 25.1 Å². The highest BCUT2D eigenvalue weighted by molar-refractivity contribution is 6.31. The summed E-state index contributed by atoms with van der Waals surface area (Å²) in [7, 11) is 0. The Morgan fingerprint density at radius 1 is 1.21 bits per heavy atom. The second kappa shape index (κ2) is 8.09. The third kappa shape index (κ3) is 4.29. The summed E-state index contributed by atoms with van der Waals surface area (Å²) >= 11 is 5.61. The summed E-state index contributed by atoms with van der Waals surface area (Å²) in [4.78, 5) is 34.6. The molecule has 1 aliphatic rings. The van der Waals surface area contributed by atoms with Gasteiger partial charge in [-0.05, 0) is 18.2 Å². The molecule has 0 aliphatic carbocycles. The number of fused-ring (bicyclic) bond motifs is 1. The number of halogens is 2. The molecule has 3 rings (SSSR count). The first-order valence-corrected chi connectivity index (χ1v) is 8.23. The van der Waals surface area contributed by atoms with Crippen LogP contribution in [0, 0.1) is 15.9 Å². The van der Waals surface area contributed by atoms with Gasteiger partial charge in [0.1, 0.15) is 24.6 Å². The molecule has 0 bridgehead atoms. The van der Waals surface area contributed by atoms with Crippen molar-refractivity contribution in [1.82, 2.24) is 0 Å². The molecule has 0 atom stereocenters. The maximum absolute atomic E-state index is 13.1. The van der Waals surface area contributed by atoms with Crippen molar-refractivity contribution in [2.45, 2.75) is 0 Å². The van der Waals surface area contributed by atoms with Crippen LogP contribution >= 0.6 is 11.6 Å². The van der Waals surface area contributed by atoms with Gasteiger partial charge >= 0.3 is 5.97 Å². The third-order valence-corrected chi connectivity index (χ3v) is 3.90. The second-order valence-electron chi connectivity index (χ2n) is 5.52. The Bertz CT molecular complexity index is 967. The SMILES string of the molecule is O=C(COC(=O)c1cc2c(cc1[N+](=O)[O-])OCCO2)Nc1ccc(F)c(Cl)c1. The van der Waals surface area contributed by atoms with E-state index < -0.39 is 34.9 Å². The molecule has 1 amide bonds. The third-order valence-electron chi connectivity index (χ3n) is 3.61. The summed E-state index contributed by atoms with van der Waals surface area (Å²) < 4.78 is 28.5. The van der Waals surface area contributed by atoms with E-state index in [1.54, 1.807) is 0 Å². The molecule has 1 heterocycles. The first-order chi connectivity index (χ1) is 13.3. The minimum Gasteiger partial charge on any atom is -0.486 e. The zero-order chi connectivity index (χ0) is 20.3. The van der Waals surface area contributed by atoms with Gasteiger partial charge in [0.05, 0.1) is 16.0 Å². The number of nitrogens with one attached hydrogen (secondary N) is 1. The van der Waals surface area contributed by atoms with E-state index in [0.29, 0.717) is 0 Å². The van der Waals surface area contributed by atoms with E-state index in [4.69, 9.17) is 25.8 Å². The van der Waals surface area contributed by atoms with Gasteiger partial charge in [0.15, 0.2) is 18.1 Å². The monoisotopic (exact) mass is 410 g/mol. The minimum absolute atomic E-state index is 0.139. The lowest BCUT2D eigenvalue weighted by Crippen LogP contribution is -2.22. The molecular formula is C17H12ClFN2O7. The van der Waals surface area contributed by atoms with Gasteiger partial charge in [-0.3, -0.25) is 14.9 Å². The number of benzene rings is 2. The highest BCUT2D eigenvalue weighted by Crippen LogP contribution is 2.36. The number of amides is 1. The predicted molar refractivity (Wildman–Crippen MR) is 94.4 cm³/mol. The van der Waals surface area contributed by atoms with E-state index in [0.717, 1.165) is 18.2 Å². The summed E-state index contributed by atoms with van der Waals surface area (Å²) in [5.74, 6) is -2.18. The standard InChI is InChI=1S/C17H12ClFN2O7/c18-11-5-9(1-2-12(11)19)20-16(22)8-28-17(23)10-6-14-15(27-4-3-26-14)7-13(10)21(24)25/h1-2,5-7H,3-4,8H2,(H,20,22). The van der Waals surface area contributed by atoms with Crippen LogP contribution in [0.4, 0.5) is 15.8 Å². The Morgan fingerprint density at radius 2 is 1.89 bits per heavy atom. The Labute approximate surface area is 162 Å². The normalized spacial score (nSPS) is 12.2. The second-order valence-corrected chi connectivity index (χ2v) is 5.93. The van der Waals surface area contributed by atoms with Crippen LogP contribution in [0.3, 0.4) is 0 Å². The fraction of sp³-hybridized carbons (Fsp3) is 0.176. The van der Waals surface area contributed by atoms with Crippen molar-refractivity contribution in [3.63, 3.8) is 0 Å². The molecule has 1 N–H and O–H groups in total. The number of carbonyl (C=O) groups is 2. The fourth-order valence-electron chi connectivity index (χ4n) is 2.37. The van der Waals surface area contributed by atoms with Gasteiger partial charge in [-0.25, -0.2) is 9.18 Å². The lowest BCUT2D eigenvalue weighted by molar-refractivity contribution is -0.385. The van der Waals surface area contributed by atoms with Crippen molar-refractivity contribution in [3.8, 4) is 11.5 Å². The molecule has 0 aromatic heterocycles. The van der Waals surface area contributed by atoms with Crippen molar-refractivity contribution in [1.29, 1.82) is 0 Å². The van der Waals surface area contributed by atoms with E-state index in [-0.39, 0.29) is 41.0 Å². The maximum Gasteiger partial charge on any atom is 0.345 e. The van der Waals surface area contributed by atoms with Gasteiger partial charge in [-0.1, -0.05) is 11.6 Å². The number of ether oxygens (including phenoxy) is 3. The zero-order valence-corrected chi connectivity index (χ0v) is 14.8. The van der Waals surface area contributed by atoms with Crippen LogP contribution in [-0.4, -0.2) is 36.6 Å².